The molecule has 10 nitrogen and oxygen atoms in total. The van der Waals surface area contributed by atoms with Gasteiger partial charge in [-0.1, -0.05) is 23.7 Å². The van der Waals surface area contributed by atoms with Gasteiger partial charge < -0.3 is 24.4 Å². The molecular weight excluding hydrogens is 570 g/mol. The van der Waals surface area contributed by atoms with Crippen molar-refractivity contribution in [3.05, 3.63) is 77.3 Å². The molecule has 0 heterocycles. The molecule has 0 aliphatic heterocycles. The van der Waals surface area contributed by atoms with E-state index in [1.165, 1.54) is 68.7 Å². The summed E-state index contributed by atoms with van der Waals surface area (Å²) in [6.07, 6.45) is 0. The molecular formula is C29H34ClN3O7S. The molecule has 3 aromatic rings. The van der Waals surface area contributed by atoms with Gasteiger partial charge in [0.1, 0.15) is 18.3 Å². The molecule has 0 unspecified atom stereocenters. The SMILES string of the molecule is CCNC(=O)[C@H](C)N(Cc1cccc(OC)c1)C(=O)CN(c1ccc(Cl)cc1)S(=O)(=O)c1ccc(OC)c(OC)c1. The molecule has 0 radical (unpaired) electrons. The summed E-state index contributed by atoms with van der Waals surface area (Å²) in [5.41, 5.74) is 0.916. The fourth-order valence-corrected chi connectivity index (χ4v) is 5.67. The Labute approximate surface area is 245 Å². The molecule has 2 amide bonds. The quantitative estimate of drug-likeness (QED) is 0.313. The van der Waals surface area contributed by atoms with Crippen LogP contribution in [0.25, 0.3) is 0 Å². The van der Waals surface area contributed by atoms with Crippen molar-refractivity contribution in [1.29, 1.82) is 0 Å². The molecule has 0 aromatic heterocycles. The van der Waals surface area contributed by atoms with Crippen LogP contribution in [0.5, 0.6) is 17.2 Å². The van der Waals surface area contributed by atoms with Crippen LogP contribution in [0.15, 0.2) is 71.6 Å². The summed E-state index contributed by atoms with van der Waals surface area (Å²) < 4.78 is 44.9. The lowest BCUT2D eigenvalue weighted by Gasteiger charge is -2.32. The molecule has 1 N–H and O–H groups in total. The second-order valence-corrected chi connectivity index (χ2v) is 11.2. The van der Waals surface area contributed by atoms with Gasteiger partial charge >= 0.3 is 0 Å². The molecule has 41 heavy (non-hydrogen) atoms. The Balaban J connectivity index is 2.07. The van der Waals surface area contributed by atoms with Gasteiger partial charge in [-0.15, -0.1) is 0 Å². The van der Waals surface area contributed by atoms with Crippen molar-refractivity contribution in [1.82, 2.24) is 10.2 Å². The molecule has 0 fully saturated rings. The van der Waals surface area contributed by atoms with Gasteiger partial charge in [0.05, 0.1) is 31.9 Å². The predicted octanol–water partition coefficient (Wildman–Crippen LogP) is 4.11. The van der Waals surface area contributed by atoms with Crippen molar-refractivity contribution >= 4 is 39.1 Å². The molecule has 3 rings (SSSR count). The first-order valence-electron chi connectivity index (χ1n) is 12.8. The average Bonchev–Trinajstić information content (AvgIpc) is 2.98. The number of amides is 2. The highest BCUT2D eigenvalue weighted by molar-refractivity contribution is 7.92. The number of ether oxygens (including phenoxy) is 3. The second-order valence-electron chi connectivity index (χ2n) is 8.95. The van der Waals surface area contributed by atoms with Gasteiger partial charge in [0.15, 0.2) is 11.5 Å². The van der Waals surface area contributed by atoms with Crippen molar-refractivity contribution < 1.29 is 32.2 Å². The maximum atomic E-state index is 14.0. The Morgan fingerprint density at radius 1 is 0.927 bits per heavy atom. The number of halogens is 1. The van der Waals surface area contributed by atoms with Gasteiger partial charge in [0.2, 0.25) is 11.8 Å². The minimum atomic E-state index is -4.31. The maximum absolute atomic E-state index is 14.0. The minimum Gasteiger partial charge on any atom is -0.497 e. The van der Waals surface area contributed by atoms with Gasteiger partial charge in [-0.2, -0.15) is 0 Å². The molecule has 0 aliphatic carbocycles. The lowest BCUT2D eigenvalue weighted by atomic mass is 10.1. The van der Waals surface area contributed by atoms with Crippen LogP contribution >= 0.6 is 11.6 Å². The van der Waals surface area contributed by atoms with Crippen molar-refractivity contribution in [2.24, 2.45) is 0 Å². The third-order valence-electron chi connectivity index (χ3n) is 6.34. The number of methoxy groups -OCH3 is 3. The molecule has 3 aromatic carbocycles. The topological polar surface area (TPSA) is 114 Å². The number of hydrogen-bond donors (Lipinski definition) is 1. The van der Waals surface area contributed by atoms with Crippen LogP contribution in [0, 0.1) is 0 Å². The van der Waals surface area contributed by atoms with E-state index in [1.54, 1.807) is 38.1 Å². The first-order valence-corrected chi connectivity index (χ1v) is 14.6. The second kappa shape index (κ2) is 14.1. The summed E-state index contributed by atoms with van der Waals surface area (Å²) in [4.78, 5) is 28.0. The Morgan fingerprint density at radius 2 is 1.61 bits per heavy atom. The van der Waals surface area contributed by atoms with Gasteiger partial charge in [-0.3, -0.25) is 13.9 Å². The van der Waals surface area contributed by atoms with E-state index in [2.05, 4.69) is 5.32 Å². The Morgan fingerprint density at radius 3 is 2.22 bits per heavy atom. The zero-order chi connectivity index (χ0) is 30.2. The van der Waals surface area contributed by atoms with Gasteiger partial charge in [0, 0.05) is 24.2 Å². The van der Waals surface area contributed by atoms with Crippen LogP contribution < -0.4 is 23.8 Å². The number of likely N-dealkylation sites (N-methyl/N-ethyl adjacent to an activating group) is 1. The standard InChI is InChI=1S/C29H34ClN3O7S/c1-6-31-29(35)20(2)32(18-21-8-7-9-24(16-21)38-3)28(34)19-33(23-12-10-22(30)11-13-23)41(36,37)25-14-15-26(39-4)27(17-25)40-5/h7-17,20H,6,18-19H2,1-5H3,(H,31,35)/t20-/m0/s1. The third kappa shape index (κ3) is 7.62. The van der Waals surface area contributed by atoms with Crippen molar-refractivity contribution in [2.75, 3.05) is 38.7 Å². The number of rotatable bonds is 13. The average molecular weight is 604 g/mol. The Kier molecular flexibility index (Phi) is 10.8. The molecule has 12 heteroatoms. The fraction of sp³-hybridized carbons (Fsp3) is 0.310. The first-order chi connectivity index (χ1) is 19.5. The highest BCUT2D eigenvalue weighted by Gasteiger charge is 2.33. The Hall–Kier alpha value is -3.96. The molecule has 1 atom stereocenters. The number of sulfonamides is 1. The monoisotopic (exact) mass is 603 g/mol. The summed E-state index contributed by atoms with van der Waals surface area (Å²) >= 11 is 6.07. The zero-order valence-electron chi connectivity index (χ0n) is 23.6. The van der Waals surface area contributed by atoms with Crippen molar-refractivity contribution in [3.63, 3.8) is 0 Å². The van der Waals surface area contributed by atoms with E-state index in [-0.39, 0.29) is 28.8 Å². The predicted molar refractivity (Wildman–Crippen MR) is 157 cm³/mol. The molecule has 0 bridgehead atoms. The van der Waals surface area contributed by atoms with Gasteiger partial charge in [0.25, 0.3) is 10.0 Å². The van der Waals surface area contributed by atoms with Gasteiger partial charge in [-0.05, 0) is 67.9 Å². The molecule has 220 valence electrons. The highest BCUT2D eigenvalue weighted by atomic mass is 35.5. The van der Waals surface area contributed by atoms with Crippen LogP contribution in [0.3, 0.4) is 0 Å². The van der Waals surface area contributed by atoms with Crippen LogP contribution in [0.4, 0.5) is 5.69 Å². The summed E-state index contributed by atoms with van der Waals surface area (Å²) in [7, 11) is 0.0626. The first kappa shape index (κ1) is 31.6. The van der Waals surface area contributed by atoms with Crippen LogP contribution in [-0.2, 0) is 26.2 Å². The summed E-state index contributed by atoms with van der Waals surface area (Å²) in [5, 5.41) is 3.13. The molecule has 0 aliphatic rings. The third-order valence-corrected chi connectivity index (χ3v) is 8.36. The van der Waals surface area contributed by atoms with E-state index < -0.39 is 28.5 Å². The van der Waals surface area contributed by atoms with Crippen LogP contribution in [0.1, 0.15) is 19.4 Å². The van der Waals surface area contributed by atoms with E-state index in [4.69, 9.17) is 25.8 Å². The van der Waals surface area contributed by atoms with E-state index >= 15 is 0 Å². The van der Waals surface area contributed by atoms with Crippen molar-refractivity contribution in [3.8, 4) is 17.2 Å². The van der Waals surface area contributed by atoms with E-state index in [1.807, 2.05) is 0 Å². The van der Waals surface area contributed by atoms with E-state index in [0.29, 0.717) is 28.6 Å². The lowest BCUT2D eigenvalue weighted by molar-refractivity contribution is -0.139. The molecule has 0 spiro atoms. The number of carbonyl (C=O) groups excluding carboxylic acids is 2. The van der Waals surface area contributed by atoms with E-state index in [0.717, 1.165) is 4.31 Å². The number of hydrogen-bond acceptors (Lipinski definition) is 7. The summed E-state index contributed by atoms with van der Waals surface area (Å²) in [6.45, 7) is 3.19. The number of nitrogens with zero attached hydrogens (tertiary/aromatic N) is 2. The fourth-order valence-electron chi connectivity index (χ4n) is 4.11. The number of nitrogens with one attached hydrogen (secondary N) is 1. The van der Waals surface area contributed by atoms with Gasteiger partial charge in [-0.25, -0.2) is 8.42 Å². The van der Waals surface area contributed by atoms with Crippen molar-refractivity contribution in [2.45, 2.75) is 31.3 Å². The number of benzene rings is 3. The number of carbonyl (C=O) groups is 2. The lowest BCUT2D eigenvalue weighted by Crippen LogP contribution is -2.51. The Bertz CT molecular complexity index is 1470. The smallest absolute Gasteiger partial charge is 0.264 e. The largest absolute Gasteiger partial charge is 0.497 e. The summed E-state index contributed by atoms with van der Waals surface area (Å²) in [6, 6.07) is 16.4. The molecule has 0 saturated carbocycles. The molecule has 0 saturated heterocycles. The zero-order valence-corrected chi connectivity index (χ0v) is 25.2. The normalized spacial score (nSPS) is 11.8. The minimum absolute atomic E-state index is 0.0409. The summed E-state index contributed by atoms with van der Waals surface area (Å²) in [5.74, 6) is 0.177. The van der Waals surface area contributed by atoms with Crippen LogP contribution in [0.2, 0.25) is 5.02 Å². The number of anilines is 1. The van der Waals surface area contributed by atoms with Crippen LogP contribution in [-0.4, -0.2) is 65.6 Å². The van der Waals surface area contributed by atoms with E-state index in [9.17, 15) is 18.0 Å². The maximum Gasteiger partial charge on any atom is 0.264 e. The highest BCUT2D eigenvalue weighted by Crippen LogP contribution is 2.32.